The zero-order chi connectivity index (χ0) is 14.0. The van der Waals surface area contributed by atoms with Crippen LogP contribution in [-0.4, -0.2) is 32.0 Å². The van der Waals surface area contributed by atoms with E-state index >= 15 is 0 Å². The smallest absolute Gasteiger partial charge is 0.372 e. The van der Waals surface area contributed by atoms with Gasteiger partial charge in [-0.15, -0.1) is 0 Å². The van der Waals surface area contributed by atoms with Crippen molar-refractivity contribution in [2.75, 3.05) is 19.8 Å². The minimum absolute atomic E-state index is 0.196. The normalized spacial score (nSPS) is 14.2. The average molecular weight is 269 g/mol. The Morgan fingerprint density at radius 2 is 1.83 bits per heavy atom. The number of hydrogen-bond donors (Lipinski definition) is 1. The van der Waals surface area contributed by atoms with Crippen molar-refractivity contribution in [2.45, 2.75) is 58.7 Å². The fourth-order valence-corrected chi connectivity index (χ4v) is 1.82. The molecule has 0 bridgehead atoms. The Kier molecular flexibility index (Phi) is 9.46. The first-order valence-corrected chi connectivity index (χ1v) is 6.73. The summed E-state index contributed by atoms with van der Waals surface area (Å²) in [5, 5.41) is 3.37. The molecule has 0 aliphatic heterocycles. The summed E-state index contributed by atoms with van der Waals surface area (Å²) in [7, 11) is 0. The Labute approximate surface area is 108 Å². The zero-order valence-corrected chi connectivity index (χ0v) is 11.6. The lowest BCUT2D eigenvalue weighted by atomic mass is 9.98. The molecule has 1 unspecified atom stereocenters. The molecule has 0 aromatic carbocycles. The summed E-state index contributed by atoms with van der Waals surface area (Å²) in [4.78, 5) is 0. The first-order chi connectivity index (χ1) is 8.35. The van der Waals surface area contributed by atoms with Crippen LogP contribution >= 0.6 is 0 Å². The van der Waals surface area contributed by atoms with Crippen LogP contribution in [0, 0.1) is 5.92 Å². The summed E-state index contributed by atoms with van der Waals surface area (Å²) in [6, 6.07) is 0.450. The predicted octanol–water partition coefficient (Wildman–Crippen LogP) is 3.76. The van der Waals surface area contributed by atoms with Gasteiger partial charge in [-0.05, 0) is 31.7 Å². The highest BCUT2D eigenvalue weighted by atomic mass is 19.4. The lowest BCUT2D eigenvalue weighted by molar-refractivity contribution is -0.174. The quantitative estimate of drug-likeness (QED) is 0.610. The van der Waals surface area contributed by atoms with E-state index in [-0.39, 0.29) is 6.61 Å². The van der Waals surface area contributed by atoms with Crippen molar-refractivity contribution in [2.24, 2.45) is 5.92 Å². The van der Waals surface area contributed by atoms with Crippen LogP contribution in [0.25, 0.3) is 0 Å². The average Bonchev–Trinajstić information content (AvgIpc) is 2.23. The number of rotatable bonds is 10. The van der Waals surface area contributed by atoms with Gasteiger partial charge in [-0.3, -0.25) is 0 Å². The first kappa shape index (κ1) is 17.7. The van der Waals surface area contributed by atoms with Crippen LogP contribution in [0.1, 0.15) is 46.5 Å². The van der Waals surface area contributed by atoms with Gasteiger partial charge in [-0.2, -0.15) is 13.2 Å². The van der Waals surface area contributed by atoms with Crippen molar-refractivity contribution in [3.63, 3.8) is 0 Å². The van der Waals surface area contributed by atoms with Gasteiger partial charge in [-0.25, -0.2) is 0 Å². The SMILES string of the molecule is CCCC(CCCOCC(F)(F)F)CNC(C)C. The summed E-state index contributed by atoms with van der Waals surface area (Å²) < 4.78 is 40.1. The Balaban J connectivity index is 3.63. The van der Waals surface area contributed by atoms with E-state index in [0.29, 0.717) is 18.4 Å². The number of halogens is 3. The molecule has 1 N–H and O–H groups in total. The van der Waals surface area contributed by atoms with E-state index in [1.165, 1.54) is 0 Å². The molecule has 0 aromatic heterocycles. The monoisotopic (exact) mass is 269 g/mol. The molecule has 2 nitrogen and oxygen atoms in total. The topological polar surface area (TPSA) is 21.3 Å². The van der Waals surface area contributed by atoms with Crippen molar-refractivity contribution in [3.05, 3.63) is 0 Å². The van der Waals surface area contributed by atoms with E-state index in [4.69, 9.17) is 0 Å². The Hall–Kier alpha value is -0.290. The standard InChI is InChI=1S/C13H26F3NO/c1-4-6-12(9-17-11(2)3)7-5-8-18-10-13(14,15)16/h11-12,17H,4-10H2,1-3H3. The van der Waals surface area contributed by atoms with Crippen molar-refractivity contribution in [3.8, 4) is 0 Å². The van der Waals surface area contributed by atoms with E-state index in [0.717, 1.165) is 25.8 Å². The third kappa shape index (κ3) is 12.2. The molecule has 110 valence electrons. The molecular formula is C13H26F3NO. The lowest BCUT2D eigenvalue weighted by Gasteiger charge is -2.18. The number of nitrogens with one attached hydrogen (secondary N) is 1. The van der Waals surface area contributed by atoms with Crippen LogP contribution in [0.2, 0.25) is 0 Å². The van der Waals surface area contributed by atoms with E-state index in [1.807, 2.05) is 0 Å². The lowest BCUT2D eigenvalue weighted by Crippen LogP contribution is -2.29. The Morgan fingerprint density at radius 3 is 2.33 bits per heavy atom. The number of hydrogen-bond acceptors (Lipinski definition) is 2. The van der Waals surface area contributed by atoms with Crippen molar-refractivity contribution < 1.29 is 17.9 Å². The molecule has 0 saturated heterocycles. The fourth-order valence-electron chi connectivity index (χ4n) is 1.82. The highest BCUT2D eigenvalue weighted by Crippen LogP contribution is 2.16. The van der Waals surface area contributed by atoms with Gasteiger partial charge in [0.1, 0.15) is 6.61 Å². The maximum absolute atomic E-state index is 11.8. The second-order valence-electron chi connectivity index (χ2n) is 5.03. The van der Waals surface area contributed by atoms with Crippen LogP contribution in [0.5, 0.6) is 0 Å². The third-order valence-corrected chi connectivity index (χ3v) is 2.68. The highest BCUT2D eigenvalue weighted by molar-refractivity contribution is 4.64. The van der Waals surface area contributed by atoms with Gasteiger partial charge in [-0.1, -0.05) is 27.2 Å². The zero-order valence-electron chi connectivity index (χ0n) is 11.6. The Bertz CT molecular complexity index is 195. The van der Waals surface area contributed by atoms with Gasteiger partial charge in [0.25, 0.3) is 0 Å². The van der Waals surface area contributed by atoms with E-state index in [1.54, 1.807) is 0 Å². The third-order valence-electron chi connectivity index (χ3n) is 2.68. The second-order valence-corrected chi connectivity index (χ2v) is 5.03. The summed E-state index contributed by atoms with van der Waals surface area (Å²) in [5.74, 6) is 0.534. The molecule has 0 spiro atoms. The molecule has 0 aliphatic carbocycles. The second kappa shape index (κ2) is 9.62. The molecule has 0 aliphatic rings. The van der Waals surface area contributed by atoms with Gasteiger partial charge in [0.2, 0.25) is 0 Å². The minimum atomic E-state index is -4.21. The van der Waals surface area contributed by atoms with Crippen molar-refractivity contribution in [1.29, 1.82) is 0 Å². The van der Waals surface area contributed by atoms with Crippen molar-refractivity contribution >= 4 is 0 Å². The largest absolute Gasteiger partial charge is 0.411 e. The molecule has 0 radical (unpaired) electrons. The van der Waals surface area contributed by atoms with Gasteiger partial charge < -0.3 is 10.1 Å². The minimum Gasteiger partial charge on any atom is -0.372 e. The molecule has 0 fully saturated rings. The molecule has 0 rings (SSSR count). The molecule has 5 heteroatoms. The molecule has 0 saturated carbocycles. The molecule has 0 aromatic rings. The van der Waals surface area contributed by atoms with E-state index in [9.17, 15) is 13.2 Å². The van der Waals surface area contributed by atoms with E-state index < -0.39 is 12.8 Å². The fraction of sp³-hybridized carbons (Fsp3) is 1.00. The maximum Gasteiger partial charge on any atom is 0.411 e. The molecule has 0 heterocycles. The molecule has 18 heavy (non-hydrogen) atoms. The van der Waals surface area contributed by atoms with Gasteiger partial charge in [0, 0.05) is 12.6 Å². The van der Waals surface area contributed by atoms with Gasteiger partial charge in [0.15, 0.2) is 0 Å². The number of alkyl halides is 3. The molecule has 0 amide bonds. The van der Waals surface area contributed by atoms with Crippen molar-refractivity contribution in [1.82, 2.24) is 5.32 Å². The van der Waals surface area contributed by atoms with Gasteiger partial charge in [0.05, 0.1) is 0 Å². The first-order valence-electron chi connectivity index (χ1n) is 6.73. The van der Waals surface area contributed by atoms with Crippen LogP contribution in [0.3, 0.4) is 0 Å². The van der Waals surface area contributed by atoms with Crippen LogP contribution in [-0.2, 0) is 4.74 Å². The summed E-state index contributed by atoms with van der Waals surface area (Å²) in [6.45, 7) is 6.31. The maximum atomic E-state index is 11.8. The van der Waals surface area contributed by atoms with Crippen LogP contribution < -0.4 is 5.32 Å². The molecular weight excluding hydrogens is 243 g/mol. The predicted molar refractivity (Wildman–Crippen MR) is 67.6 cm³/mol. The Morgan fingerprint density at radius 1 is 1.17 bits per heavy atom. The van der Waals surface area contributed by atoms with Gasteiger partial charge >= 0.3 is 6.18 Å². The van der Waals surface area contributed by atoms with Crippen LogP contribution in [0.4, 0.5) is 13.2 Å². The summed E-state index contributed by atoms with van der Waals surface area (Å²) in [6.07, 6.45) is -0.374. The summed E-state index contributed by atoms with van der Waals surface area (Å²) >= 11 is 0. The molecule has 1 atom stereocenters. The van der Waals surface area contributed by atoms with Crippen LogP contribution in [0.15, 0.2) is 0 Å². The van der Waals surface area contributed by atoms with E-state index in [2.05, 4.69) is 30.8 Å². The summed E-state index contributed by atoms with van der Waals surface area (Å²) in [5.41, 5.74) is 0. The highest BCUT2D eigenvalue weighted by Gasteiger charge is 2.27. The number of ether oxygens (including phenoxy) is 1.